The number of fused-ring (bicyclic) bond motifs is 7. The van der Waals surface area contributed by atoms with Crippen molar-refractivity contribution >= 4 is 11.6 Å². The van der Waals surface area contributed by atoms with Gasteiger partial charge in [0.15, 0.2) is 11.6 Å². The molecule has 0 amide bonds. The minimum absolute atomic E-state index is 0.222. The van der Waals surface area contributed by atoms with Crippen LogP contribution < -0.4 is 5.73 Å². The van der Waals surface area contributed by atoms with E-state index in [1.54, 1.807) is 22.3 Å². The second-order valence-electron chi connectivity index (χ2n) is 30.6. The third kappa shape index (κ3) is 19.5. The first-order valence-corrected chi connectivity index (χ1v) is 36.9. The number of Topliss-reactive ketones (excluding diaryl/α,β-unsaturated/α-hetero) is 2. The molecule has 7 aromatic carbocycles. The Labute approximate surface area is 569 Å². The number of hydrogen-bond donors (Lipinski definition) is 3. The van der Waals surface area contributed by atoms with E-state index in [4.69, 9.17) is 5.73 Å². The average Bonchev–Trinajstić information content (AvgIpc) is 2.09. The summed E-state index contributed by atoms with van der Waals surface area (Å²) in [6.45, 7) is 33.5. The maximum atomic E-state index is 11.7. The molecule has 5 nitrogen and oxygen atoms in total. The Morgan fingerprint density at radius 2 is 0.734 bits per heavy atom. The van der Waals surface area contributed by atoms with Crippen LogP contribution in [0.4, 0.5) is 0 Å². The predicted octanol–water partition coefficient (Wildman–Crippen LogP) is 23.0. The molecule has 0 saturated heterocycles. The third-order valence-corrected chi connectivity index (χ3v) is 21.3. The van der Waals surface area contributed by atoms with Gasteiger partial charge in [-0.05, 0) is 262 Å². The standard InChI is InChI=1S/C13H18O.C13H16O.C13H18O.C13H16O.C13H18.C12H17N.C12H16/c2*1-9(2)10-6-7-12-11(8-10)4-3-5-13(12)14;2*1-9(2)11-7-6-10-4-3-5-13(14)12(10)8-11;1-9(2)12-7-6-11-5-4-10(3)13(11)8-12;1-8(2)10-4-3-9-5-6-12(13)11(9)7-10;1-9(2)11-8-7-10-5-3-4-6-12(10)11/h6-9,13-14H,3-5H2,1-2H3;6-9H,3-5H2,1-2H3;6-9,13-14H,3-5H2,1-2H3;6-9H,3-5H2,1-2H3;6-10H,4-5H2,1-3H3;3-4,7-8,12H,5-6,13H2,1-2H3;3-6,9,11H,7-8H2,1-2H3. The monoisotopic (exact) mass is 1270 g/mol. The zero-order valence-corrected chi connectivity index (χ0v) is 60.6. The molecule has 5 atom stereocenters. The van der Waals surface area contributed by atoms with Gasteiger partial charge in [-0.25, -0.2) is 0 Å². The number of carbonyl (C=O) groups excluding carboxylic acids is 2. The van der Waals surface area contributed by atoms with Gasteiger partial charge in [-0.15, -0.1) is 0 Å². The molecule has 0 spiro atoms. The van der Waals surface area contributed by atoms with Crippen molar-refractivity contribution in [2.24, 2.45) is 11.7 Å². The van der Waals surface area contributed by atoms with Gasteiger partial charge < -0.3 is 15.9 Å². The first-order chi connectivity index (χ1) is 44.9. The quantitative estimate of drug-likeness (QED) is 0.148. The molecule has 0 bridgehead atoms. The number of aliphatic hydroxyl groups excluding tert-OH is 2. The van der Waals surface area contributed by atoms with Crippen LogP contribution in [0.1, 0.15) is 361 Å². The first kappa shape index (κ1) is 73.6. The number of aliphatic hydroxyl groups is 2. The van der Waals surface area contributed by atoms with E-state index in [0.717, 1.165) is 124 Å². The fourth-order valence-corrected chi connectivity index (χ4v) is 14.8. The van der Waals surface area contributed by atoms with E-state index in [2.05, 4.69) is 231 Å². The zero-order valence-electron chi connectivity index (χ0n) is 60.6. The van der Waals surface area contributed by atoms with Crippen LogP contribution in [0.5, 0.6) is 0 Å². The van der Waals surface area contributed by atoms with Crippen molar-refractivity contribution in [3.63, 3.8) is 0 Å². The van der Waals surface area contributed by atoms with Gasteiger partial charge >= 0.3 is 0 Å². The van der Waals surface area contributed by atoms with E-state index in [1.807, 2.05) is 6.07 Å². The smallest absolute Gasteiger partial charge is 0.163 e. The zero-order chi connectivity index (χ0) is 67.9. The normalized spacial score (nSPS) is 19.4. The molecule has 0 saturated carbocycles. The molecule has 504 valence electrons. The summed E-state index contributed by atoms with van der Waals surface area (Å²) < 4.78 is 0. The number of hydrogen-bond acceptors (Lipinski definition) is 5. The largest absolute Gasteiger partial charge is 0.388 e. The van der Waals surface area contributed by atoms with Crippen LogP contribution in [0.3, 0.4) is 0 Å². The molecule has 4 N–H and O–H groups in total. The Morgan fingerprint density at radius 3 is 1.32 bits per heavy atom. The van der Waals surface area contributed by atoms with Crippen molar-refractivity contribution in [1.82, 2.24) is 0 Å². The van der Waals surface area contributed by atoms with E-state index < -0.39 is 0 Å². The highest BCUT2D eigenvalue weighted by molar-refractivity contribution is 5.99. The highest BCUT2D eigenvalue weighted by atomic mass is 16.3. The van der Waals surface area contributed by atoms with Crippen LogP contribution in [0.15, 0.2) is 133 Å². The van der Waals surface area contributed by atoms with Crippen molar-refractivity contribution in [1.29, 1.82) is 0 Å². The number of rotatable bonds is 7. The summed E-state index contributed by atoms with van der Waals surface area (Å²) in [7, 11) is 0. The van der Waals surface area contributed by atoms with Gasteiger partial charge in [0.1, 0.15) is 0 Å². The van der Waals surface area contributed by atoms with E-state index >= 15 is 0 Å². The van der Waals surface area contributed by atoms with Crippen molar-refractivity contribution in [3.8, 4) is 0 Å². The van der Waals surface area contributed by atoms with E-state index in [0.29, 0.717) is 47.1 Å². The highest BCUT2D eigenvalue weighted by Gasteiger charge is 2.26. The van der Waals surface area contributed by atoms with Gasteiger partial charge in [-0.1, -0.05) is 231 Å². The van der Waals surface area contributed by atoms with Gasteiger partial charge in [0.2, 0.25) is 0 Å². The second-order valence-corrected chi connectivity index (χ2v) is 30.6. The summed E-state index contributed by atoms with van der Waals surface area (Å²) in [6, 6.07) is 48.7. The van der Waals surface area contributed by atoms with Crippen LogP contribution >= 0.6 is 0 Å². The second kappa shape index (κ2) is 34.6. The SMILES string of the molecule is CC(C)C1CCc2ccccc21.CC(C)c1ccc2c(c1)C(=O)CCC2.CC(C)c1ccc2c(c1)C(C)CC2.CC(C)c1ccc2c(c1)C(N)CC2.CC(C)c1ccc2c(c1)C(O)CCC2.CC(C)c1ccc2c(c1)CCCC2=O.CC(C)c1ccc2c(c1)CCCC2O. The Morgan fingerprint density at radius 1 is 0.330 bits per heavy atom. The van der Waals surface area contributed by atoms with Crippen molar-refractivity contribution in [2.75, 3.05) is 0 Å². The summed E-state index contributed by atoms with van der Waals surface area (Å²) in [5.74, 6) is 6.52. The summed E-state index contributed by atoms with van der Waals surface area (Å²) in [4.78, 5) is 23.2. The number of aryl methyl sites for hydroxylation is 7. The van der Waals surface area contributed by atoms with E-state index in [1.165, 1.54) is 98.0 Å². The average molecular weight is 1270 g/mol. The number of nitrogens with two attached hydrogens (primary N) is 1. The number of ketones is 2. The summed E-state index contributed by atoms with van der Waals surface area (Å²) >= 11 is 0. The van der Waals surface area contributed by atoms with Crippen LogP contribution in [0, 0.1) is 5.92 Å². The van der Waals surface area contributed by atoms with E-state index in [-0.39, 0.29) is 18.2 Å². The molecule has 7 aromatic rings. The molecular weight excluding hydrogens is 1150 g/mol. The van der Waals surface area contributed by atoms with Gasteiger partial charge in [0, 0.05) is 30.0 Å². The highest BCUT2D eigenvalue weighted by Crippen LogP contribution is 2.39. The van der Waals surface area contributed by atoms with Crippen LogP contribution in [0.2, 0.25) is 0 Å². The van der Waals surface area contributed by atoms with E-state index in [9.17, 15) is 19.8 Å². The topological polar surface area (TPSA) is 101 Å². The molecule has 0 heterocycles. The first-order valence-electron chi connectivity index (χ1n) is 36.9. The van der Waals surface area contributed by atoms with Crippen molar-refractivity contribution in [3.05, 3.63) is 245 Å². The van der Waals surface area contributed by atoms with Crippen molar-refractivity contribution in [2.45, 2.75) is 285 Å². The van der Waals surface area contributed by atoms with Crippen LogP contribution in [-0.4, -0.2) is 21.8 Å². The van der Waals surface area contributed by atoms with Crippen LogP contribution in [0.25, 0.3) is 0 Å². The number of benzene rings is 7. The maximum absolute atomic E-state index is 11.7. The minimum Gasteiger partial charge on any atom is -0.388 e. The van der Waals surface area contributed by atoms with Gasteiger partial charge in [-0.2, -0.15) is 0 Å². The molecule has 94 heavy (non-hydrogen) atoms. The molecule has 5 heteroatoms. The molecule has 0 radical (unpaired) electrons. The molecule has 7 aliphatic carbocycles. The fraction of sp³-hybridized carbons (Fsp3) is 0.506. The molecule has 7 aliphatic rings. The lowest BCUT2D eigenvalue weighted by molar-refractivity contribution is 0.0964. The van der Waals surface area contributed by atoms with Gasteiger partial charge in [-0.3, -0.25) is 9.59 Å². The molecule has 0 aliphatic heterocycles. The molecule has 14 rings (SSSR count). The lowest BCUT2D eigenvalue weighted by atomic mass is 9.86. The summed E-state index contributed by atoms with van der Waals surface area (Å²) in [5, 5.41) is 19.7. The fourth-order valence-electron chi connectivity index (χ4n) is 14.8. The predicted molar refractivity (Wildman–Crippen MR) is 398 cm³/mol. The Balaban J connectivity index is 0.000000141. The van der Waals surface area contributed by atoms with Gasteiger partial charge in [0.05, 0.1) is 12.2 Å². The lowest BCUT2D eigenvalue weighted by Gasteiger charge is -2.22. The molecular formula is C89H119NO4. The summed E-state index contributed by atoms with van der Waals surface area (Å²) in [6.07, 6.45) is 19.1. The molecule has 0 fully saturated rings. The van der Waals surface area contributed by atoms with Crippen molar-refractivity contribution < 1.29 is 19.8 Å². The van der Waals surface area contributed by atoms with Crippen LogP contribution in [-0.2, 0) is 44.9 Å². The third-order valence-electron chi connectivity index (χ3n) is 21.3. The maximum Gasteiger partial charge on any atom is 0.163 e. The molecule has 5 unspecified atom stereocenters. The van der Waals surface area contributed by atoms with Gasteiger partial charge in [0.25, 0.3) is 0 Å². The Kier molecular flexibility index (Phi) is 27.1. The Hall–Kier alpha value is -6.24. The number of carbonyl (C=O) groups is 2. The Bertz CT molecular complexity index is 3550. The lowest BCUT2D eigenvalue weighted by Crippen LogP contribution is -2.11. The molecule has 0 aromatic heterocycles. The minimum atomic E-state index is -0.225. The summed E-state index contributed by atoms with van der Waals surface area (Å²) in [5.41, 5.74) is 32.9.